The summed E-state index contributed by atoms with van der Waals surface area (Å²) in [7, 11) is 3.09. The van der Waals surface area contributed by atoms with E-state index in [4.69, 9.17) is 23.5 Å². The first-order valence-electron chi connectivity index (χ1n) is 7.75. The predicted octanol–water partition coefficient (Wildman–Crippen LogP) is 2.73. The molecule has 1 N–H and O–H groups in total. The van der Waals surface area contributed by atoms with E-state index in [2.05, 4.69) is 10.6 Å². The van der Waals surface area contributed by atoms with Crippen LogP contribution in [0.15, 0.2) is 46.2 Å². The third-order valence-corrected chi connectivity index (χ3v) is 3.65. The molecule has 9 heteroatoms. The average molecular weight is 361 g/mol. The molecule has 2 aromatic rings. The van der Waals surface area contributed by atoms with E-state index in [1.807, 2.05) is 0 Å². The van der Waals surface area contributed by atoms with Crippen molar-refractivity contribution in [3.05, 3.63) is 42.2 Å². The Morgan fingerprint density at radius 3 is 2.69 bits per heavy atom. The van der Waals surface area contributed by atoms with Gasteiger partial charge < -0.3 is 23.5 Å². The minimum Gasteiger partial charge on any atom is -0.497 e. The number of methoxy groups -OCH3 is 2. The largest absolute Gasteiger partial charge is 0.497 e. The van der Waals surface area contributed by atoms with Gasteiger partial charge in [-0.2, -0.15) is 0 Å². The Kier molecular flexibility index (Phi) is 4.61. The topological polar surface area (TPSA) is 94.8 Å². The Morgan fingerprint density at radius 1 is 1.23 bits per heavy atom. The number of hydrogen-bond acceptors (Lipinski definition) is 8. The molecule has 26 heavy (non-hydrogen) atoms. The van der Waals surface area contributed by atoms with E-state index >= 15 is 0 Å². The van der Waals surface area contributed by atoms with Gasteiger partial charge in [0.1, 0.15) is 11.5 Å². The van der Waals surface area contributed by atoms with Crippen LogP contribution in [0.5, 0.6) is 17.4 Å². The van der Waals surface area contributed by atoms with Gasteiger partial charge in [-0.25, -0.2) is 15.2 Å². The van der Waals surface area contributed by atoms with Crippen LogP contribution < -0.4 is 19.6 Å². The van der Waals surface area contributed by atoms with E-state index in [9.17, 15) is 4.79 Å². The molecule has 1 amide bonds. The normalized spacial score (nSPS) is 15.1. The number of hydrogen-bond donors (Lipinski definition) is 1. The fraction of sp³-hybridized carbons (Fsp3) is 0.294. The van der Waals surface area contributed by atoms with E-state index in [-0.39, 0.29) is 5.95 Å². The average Bonchev–Trinajstić information content (AvgIpc) is 3.23. The first-order chi connectivity index (χ1) is 12.4. The maximum Gasteiger partial charge on any atom is 0.434 e. The van der Waals surface area contributed by atoms with Crippen LogP contribution in [-0.4, -0.2) is 36.9 Å². The van der Waals surface area contributed by atoms with Crippen LogP contribution >= 0.6 is 0 Å². The third-order valence-electron chi connectivity index (χ3n) is 3.65. The number of ether oxygens (including phenoxy) is 3. The highest BCUT2D eigenvalue weighted by Crippen LogP contribution is 2.31. The summed E-state index contributed by atoms with van der Waals surface area (Å²) in [4.78, 5) is 17.6. The summed E-state index contributed by atoms with van der Waals surface area (Å²) in [6.07, 6.45) is 0.652. The smallest absolute Gasteiger partial charge is 0.434 e. The Balaban J connectivity index is 1.85. The van der Waals surface area contributed by atoms with Crippen LogP contribution in [0.1, 0.15) is 19.4 Å². The molecule has 3 rings (SSSR count). The van der Waals surface area contributed by atoms with Crippen LogP contribution in [0.2, 0.25) is 0 Å². The van der Waals surface area contributed by atoms with Gasteiger partial charge in [0.2, 0.25) is 11.6 Å². The molecule has 0 fully saturated rings. The van der Waals surface area contributed by atoms with E-state index < -0.39 is 11.8 Å². The number of amidine groups is 1. The molecular weight excluding hydrogens is 342 g/mol. The van der Waals surface area contributed by atoms with Gasteiger partial charge in [-0.15, -0.1) is 0 Å². The molecule has 0 aliphatic carbocycles. The lowest BCUT2D eigenvalue weighted by Crippen LogP contribution is -2.55. The fourth-order valence-electron chi connectivity index (χ4n) is 2.36. The summed E-state index contributed by atoms with van der Waals surface area (Å²) in [6.45, 7) is 3.49. The van der Waals surface area contributed by atoms with Crippen molar-refractivity contribution in [2.45, 2.75) is 19.6 Å². The summed E-state index contributed by atoms with van der Waals surface area (Å²) in [5.41, 5.74) is 2.27. The Labute approximate surface area is 150 Å². The lowest BCUT2D eigenvalue weighted by Gasteiger charge is -2.30. The number of hydrazine groups is 1. The molecule has 0 bridgehead atoms. The number of oxime groups is 1. The van der Waals surface area contributed by atoms with Gasteiger partial charge in [0.15, 0.2) is 0 Å². The van der Waals surface area contributed by atoms with Gasteiger partial charge in [0.25, 0.3) is 5.95 Å². The van der Waals surface area contributed by atoms with Crippen molar-refractivity contribution >= 4 is 11.9 Å². The second-order valence-corrected chi connectivity index (χ2v) is 5.79. The van der Waals surface area contributed by atoms with Crippen LogP contribution in [0, 0.1) is 0 Å². The highest BCUT2D eigenvalue weighted by atomic mass is 16.7. The maximum atomic E-state index is 12.2. The summed E-state index contributed by atoms with van der Waals surface area (Å²) in [5, 5.41) is 5.53. The quantitative estimate of drug-likeness (QED) is 0.875. The summed E-state index contributed by atoms with van der Waals surface area (Å²) < 4.78 is 20.7. The van der Waals surface area contributed by atoms with Crippen LogP contribution in [0.25, 0.3) is 0 Å². The van der Waals surface area contributed by atoms with E-state index in [1.54, 1.807) is 45.2 Å². The standard InChI is InChI=1S/C17H19N3O6/c1-17(2)20(18-16(21)25-14-6-5-9-24-14)15(19-26-17)12-8-7-11(22-3)10-13(12)23-4/h5-10H,1-4H3,(H,18,21). The Hall–Kier alpha value is -3.36. The van der Waals surface area contributed by atoms with Gasteiger partial charge in [-0.1, -0.05) is 5.16 Å². The monoisotopic (exact) mass is 361 g/mol. The number of nitrogens with one attached hydrogen (secondary N) is 1. The van der Waals surface area contributed by atoms with Gasteiger partial charge >= 0.3 is 6.09 Å². The van der Waals surface area contributed by atoms with Crippen LogP contribution in [0.4, 0.5) is 4.79 Å². The number of amides is 1. The SMILES string of the molecule is COc1ccc(C2=NOC(C)(C)N2NC(=O)Oc2ccco2)c(OC)c1. The zero-order valence-electron chi connectivity index (χ0n) is 14.8. The molecule has 0 saturated heterocycles. The van der Waals surface area contributed by atoms with Crippen LogP contribution in [0.3, 0.4) is 0 Å². The molecule has 1 aliphatic heterocycles. The van der Waals surface area contributed by atoms with Crippen molar-refractivity contribution in [1.29, 1.82) is 0 Å². The van der Waals surface area contributed by atoms with Gasteiger partial charge in [0, 0.05) is 12.1 Å². The van der Waals surface area contributed by atoms with Crippen LogP contribution in [-0.2, 0) is 4.84 Å². The number of rotatable bonds is 5. The summed E-state index contributed by atoms with van der Waals surface area (Å²) in [6, 6.07) is 8.36. The molecule has 0 atom stereocenters. The van der Waals surface area contributed by atoms with Crippen molar-refractivity contribution in [3.63, 3.8) is 0 Å². The van der Waals surface area contributed by atoms with E-state index in [1.165, 1.54) is 24.4 Å². The second-order valence-electron chi connectivity index (χ2n) is 5.79. The van der Waals surface area contributed by atoms with Crippen molar-refractivity contribution in [1.82, 2.24) is 10.4 Å². The third kappa shape index (κ3) is 3.37. The molecule has 0 unspecified atom stereocenters. The zero-order chi connectivity index (χ0) is 18.7. The molecule has 1 aliphatic rings. The minimum absolute atomic E-state index is 0.0703. The van der Waals surface area contributed by atoms with Gasteiger partial charge in [-0.05, 0) is 32.0 Å². The number of nitrogens with zero attached hydrogens (tertiary/aromatic N) is 2. The van der Waals surface area contributed by atoms with Crippen molar-refractivity contribution < 1.29 is 28.3 Å². The number of benzene rings is 1. The van der Waals surface area contributed by atoms with E-state index in [0.717, 1.165) is 0 Å². The number of carbonyl (C=O) groups is 1. The minimum atomic E-state index is -0.942. The highest BCUT2D eigenvalue weighted by Gasteiger charge is 2.41. The van der Waals surface area contributed by atoms with Gasteiger partial charge in [-0.3, -0.25) is 0 Å². The molecule has 9 nitrogen and oxygen atoms in total. The molecule has 138 valence electrons. The van der Waals surface area contributed by atoms with Crippen molar-refractivity contribution in [2.24, 2.45) is 5.16 Å². The Bertz CT molecular complexity index is 816. The summed E-state index contributed by atoms with van der Waals surface area (Å²) >= 11 is 0. The molecule has 1 aromatic heterocycles. The van der Waals surface area contributed by atoms with Gasteiger partial charge in [0.05, 0.1) is 26.0 Å². The molecule has 0 radical (unpaired) electrons. The maximum absolute atomic E-state index is 12.2. The summed E-state index contributed by atoms with van der Waals surface area (Å²) in [5.74, 6) is 1.56. The molecule has 2 heterocycles. The highest BCUT2D eigenvalue weighted by molar-refractivity contribution is 6.02. The Morgan fingerprint density at radius 2 is 2.04 bits per heavy atom. The lowest BCUT2D eigenvalue weighted by molar-refractivity contribution is -0.0831. The fourth-order valence-corrected chi connectivity index (χ4v) is 2.36. The zero-order valence-corrected chi connectivity index (χ0v) is 14.8. The molecule has 0 spiro atoms. The first-order valence-corrected chi connectivity index (χ1v) is 7.75. The molecule has 1 aromatic carbocycles. The lowest BCUT2D eigenvalue weighted by atomic mass is 10.1. The van der Waals surface area contributed by atoms with E-state index in [0.29, 0.717) is 22.9 Å². The second kappa shape index (κ2) is 6.87. The number of furan rings is 1. The predicted molar refractivity (Wildman–Crippen MR) is 91.0 cm³/mol. The van der Waals surface area contributed by atoms with Crippen molar-refractivity contribution in [3.8, 4) is 17.4 Å². The first kappa shape index (κ1) is 17.5. The van der Waals surface area contributed by atoms with Crippen molar-refractivity contribution in [2.75, 3.05) is 14.2 Å². The molecule has 0 saturated carbocycles. The molecular formula is C17H19N3O6. The number of carbonyl (C=O) groups excluding carboxylic acids is 1.